The molecule has 1 N–H and O–H groups in total. The third kappa shape index (κ3) is 4.38. The summed E-state index contributed by atoms with van der Waals surface area (Å²) < 4.78 is 1.75. The Morgan fingerprint density at radius 1 is 0.975 bits per heavy atom. The summed E-state index contributed by atoms with van der Waals surface area (Å²) >= 11 is 3.25. The summed E-state index contributed by atoms with van der Waals surface area (Å²) in [4.78, 5) is 30.2. The molecule has 3 aliphatic rings. The van der Waals surface area contributed by atoms with E-state index in [0.29, 0.717) is 17.1 Å². The molecule has 2 fully saturated rings. The molecule has 5 nitrogen and oxygen atoms in total. The molecule has 1 amide bonds. The van der Waals surface area contributed by atoms with Crippen molar-refractivity contribution in [3.05, 3.63) is 86.8 Å². The number of fused-ring (bicyclic) bond motifs is 7. The zero-order valence-electron chi connectivity index (χ0n) is 23.0. The van der Waals surface area contributed by atoms with E-state index >= 15 is 0 Å². The molecule has 5 unspecified atom stereocenters. The molecule has 2 saturated carbocycles. The van der Waals surface area contributed by atoms with Crippen LogP contribution in [0.15, 0.2) is 76.6 Å². The van der Waals surface area contributed by atoms with Gasteiger partial charge >= 0.3 is 4.87 Å². The number of thiazole rings is 1. The van der Waals surface area contributed by atoms with Gasteiger partial charge < -0.3 is 10.2 Å². The van der Waals surface area contributed by atoms with Crippen molar-refractivity contribution < 1.29 is 4.79 Å². The van der Waals surface area contributed by atoms with Crippen LogP contribution in [-0.2, 0) is 11.3 Å². The second-order valence-corrected chi connectivity index (χ2v) is 13.6. The van der Waals surface area contributed by atoms with Crippen molar-refractivity contribution in [2.24, 2.45) is 17.8 Å². The lowest BCUT2D eigenvalue weighted by atomic mass is 9.75. The van der Waals surface area contributed by atoms with E-state index in [1.54, 1.807) is 4.57 Å². The number of hydrogen-bond acceptors (Lipinski definition) is 5. The van der Waals surface area contributed by atoms with Crippen molar-refractivity contribution in [3.8, 4) is 0 Å². The molecule has 7 heteroatoms. The third-order valence-electron chi connectivity index (χ3n) is 9.41. The number of nitrogens with one attached hydrogen (secondary N) is 1. The summed E-state index contributed by atoms with van der Waals surface area (Å²) in [6, 6.07) is 23.1. The lowest BCUT2D eigenvalue weighted by molar-refractivity contribution is -0.116. The number of carbonyl (C=O) groups is 1. The number of anilines is 2. The van der Waals surface area contributed by atoms with Crippen LogP contribution < -0.4 is 15.1 Å². The Balaban J connectivity index is 1.21. The fraction of sp³-hybridized carbons (Fsp3) is 0.394. The Morgan fingerprint density at radius 2 is 1.73 bits per heavy atom. The van der Waals surface area contributed by atoms with Gasteiger partial charge in [-0.1, -0.05) is 53.8 Å². The maximum atomic E-state index is 13.4. The Bertz CT molecular complexity index is 1620. The fourth-order valence-corrected chi connectivity index (χ4v) is 10.7. The maximum Gasteiger partial charge on any atom is 0.308 e. The van der Waals surface area contributed by atoms with Gasteiger partial charge in [0.2, 0.25) is 5.91 Å². The Labute approximate surface area is 243 Å². The van der Waals surface area contributed by atoms with Crippen molar-refractivity contribution in [2.75, 3.05) is 23.3 Å². The molecule has 206 valence electrons. The smallest absolute Gasteiger partial charge is 0.308 e. The molecule has 40 heavy (non-hydrogen) atoms. The zero-order chi connectivity index (χ0) is 27.4. The van der Waals surface area contributed by atoms with Crippen LogP contribution in [0.3, 0.4) is 0 Å². The average Bonchev–Trinajstić information content (AvgIpc) is 3.67. The molecule has 2 aliphatic carbocycles. The van der Waals surface area contributed by atoms with E-state index in [2.05, 4.69) is 54.4 Å². The van der Waals surface area contributed by atoms with Gasteiger partial charge in [-0.3, -0.25) is 14.2 Å². The van der Waals surface area contributed by atoms with E-state index in [1.165, 1.54) is 41.9 Å². The van der Waals surface area contributed by atoms with Crippen molar-refractivity contribution in [1.82, 2.24) is 4.57 Å². The van der Waals surface area contributed by atoms with Crippen LogP contribution in [0.2, 0.25) is 0 Å². The van der Waals surface area contributed by atoms with E-state index in [4.69, 9.17) is 0 Å². The molecular weight excluding hydrogens is 535 g/mol. The quantitative estimate of drug-likeness (QED) is 0.256. The Morgan fingerprint density at radius 3 is 2.50 bits per heavy atom. The van der Waals surface area contributed by atoms with Crippen LogP contribution in [0.4, 0.5) is 11.4 Å². The van der Waals surface area contributed by atoms with Crippen LogP contribution in [0.25, 0.3) is 10.8 Å². The van der Waals surface area contributed by atoms with E-state index in [1.807, 2.05) is 48.2 Å². The summed E-state index contributed by atoms with van der Waals surface area (Å²) in [6.45, 7) is 6.40. The van der Waals surface area contributed by atoms with Crippen LogP contribution in [0.5, 0.6) is 0 Å². The molecule has 1 aliphatic heterocycles. The molecular formula is C33H35N3O2S2. The molecule has 0 spiro atoms. The van der Waals surface area contributed by atoms with Gasteiger partial charge in [-0.15, -0.1) is 11.8 Å². The zero-order valence-corrected chi connectivity index (χ0v) is 24.6. The monoisotopic (exact) mass is 569 g/mol. The topological polar surface area (TPSA) is 54.3 Å². The van der Waals surface area contributed by atoms with Gasteiger partial charge in [0.1, 0.15) is 6.54 Å². The van der Waals surface area contributed by atoms with E-state index in [9.17, 15) is 9.59 Å². The minimum absolute atomic E-state index is 0.0248. The van der Waals surface area contributed by atoms with Crippen molar-refractivity contribution in [2.45, 2.75) is 55.8 Å². The predicted octanol–water partition coefficient (Wildman–Crippen LogP) is 7.20. The second kappa shape index (κ2) is 10.4. The molecule has 2 bridgehead atoms. The molecule has 5 atom stereocenters. The van der Waals surface area contributed by atoms with Gasteiger partial charge in [-0.25, -0.2) is 0 Å². The average molecular weight is 570 g/mol. The molecule has 2 heterocycles. The number of carbonyl (C=O) groups excluding carboxylic acids is 1. The van der Waals surface area contributed by atoms with Gasteiger partial charge in [-0.2, -0.15) is 0 Å². The van der Waals surface area contributed by atoms with Gasteiger partial charge in [0, 0.05) is 40.5 Å². The Hall–Kier alpha value is -3.03. The lowest BCUT2D eigenvalue weighted by Gasteiger charge is -2.40. The molecule has 1 aromatic heterocycles. The Kier molecular flexibility index (Phi) is 6.75. The number of amides is 1. The largest absolute Gasteiger partial charge is 0.372 e. The number of thioether (sulfide) groups is 1. The third-order valence-corrected chi connectivity index (χ3v) is 12.2. The van der Waals surface area contributed by atoms with Gasteiger partial charge in [-0.05, 0) is 91.5 Å². The molecule has 4 aromatic rings. The van der Waals surface area contributed by atoms with Crippen molar-refractivity contribution >= 4 is 51.2 Å². The van der Waals surface area contributed by atoms with E-state index in [-0.39, 0.29) is 23.2 Å². The summed E-state index contributed by atoms with van der Waals surface area (Å²) in [6.07, 6.45) is 3.90. The summed E-state index contributed by atoms with van der Waals surface area (Å²) in [5.41, 5.74) is 3.32. The van der Waals surface area contributed by atoms with E-state index < -0.39 is 0 Å². The first kappa shape index (κ1) is 25.9. The first-order chi connectivity index (χ1) is 19.5. The highest BCUT2D eigenvalue weighted by Crippen LogP contribution is 2.64. The van der Waals surface area contributed by atoms with E-state index in [0.717, 1.165) is 45.4 Å². The summed E-state index contributed by atoms with van der Waals surface area (Å²) in [5.74, 6) is 2.07. The molecule has 3 aromatic carbocycles. The van der Waals surface area contributed by atoms with Crippen LogP contribution in [-0.4, -0.2) is 28.8 Å². The first-order valence-electron chi connectivity index (χ1n) is 14.6. The lowest BCUT2D eigenvalue weighted by Crippen LogP contribution is -2.35. The first-order valence-corrected chi connectivity index (χ1v) is 16.3. The number of aromatic nitrogens is 1. The van der Waals surface area contributed by atoms with Gasteiger partial charge in [0.05, 0.1) is 5.03 Å². The van der Waals surface area contributed by atoms with Crippen LogP contribution in [0.1, 0.15) is 49.5 Å². The predicted molar refractivity (Wildman–Crippen MR) is 167 cm³/mol. The number of rotatable bonds is 7. The molecule has 7 rings (SSSR count). The second-order valence-electron chi connectivity index (χ2n) is 11.5. The highest BCUT2D eigenvalue weighted by molar-refractivity contribution is 8.00. The van der Waals surface area contributed by atoms with Gasteiger partial charge in [0.25, 0.3) is 0 Å². The van der Waals surface area contributed by atoms with Gasteiger partial charge in [0.15, 0.2) is 0 Å². The minimum Gasteiger partial charge on any atom is -0.372 e. The standard InChI is InChI=1S/C33H35N3O2S2/c1-3-35(4-2)26-15-12-21(13-16-26)28-29-23-9-10-24(17-23)30(29)39-32-31(28)40-33(38)36(32)19-27(37)34-25-14-11-20-7-5-6-8-22(20)18-25/h5-8,11-16,18,23-24,28-30H,3-4,9-10,17,19H2,1-2H3,(H,34,37). The summed E-state index contributed by atoms with van der Waals surface area (Å²) in [7, 11) is 0. The number of benzene rings is 3. The summed E-state index contributed by atoms with van der Waals surface area (Å²) in [5, 5.41) is 6.80. The normalized spacial score (nSPS) is 24.6. The van der Waals surface area contributed by atoms with Crippen LogP contribution >= 0.6 is 23.1 Å². The van der Waals surface area contributed by atoms with Crippen molar-refractivity contribution in [1.29, 1.82) is 0 Å². The highest BCUT2D eigenvalue weighted by Gasteiger charge is 2.55. The van der Waals surface area contributed by atoms with Crippen LogP contribution in [0, 0.1) is 17.8 Å². The maximum absolute atomic E-state index is 13.4. The fourth-order valence-electron chi connectivity index (χ4n) is 7.55. The van der Waals surface area contributed by atoms with Crippen molar-refractivity contribution in [3.63, 3.8) is 0 Å². The molecule has 0 radical (unpaired) electrons. The SMILES string of the molecule is CCN(CC)c1ccc(C2c3sc(=O)n(CC(=O)Nc4ccc5ccccc5c4)c3SC3C4CCC(C4)C23)cc1. The molecule has 0 saturated heterocycles. The number of nitrogens with zero attached hydrogens (tertiary/aromatic N) is 2. The minimum atomic E-state index is -0.159. The highest BCUT2D eigenvalue weighted by atomic mass is 32.2. The number of hydrogen-bond donors (Lipinski definition) is 1.